The largest absolute Gasteiger partial charge is 0.345 e. The van der Waals surface area contributed by atoms with Crippen LogP contribution in [0, 0.1) is 0 Å². The van der Waals surface area contributed by atoms with Gasteiger partial charge in [-0.3, -0.25) is 4.79 Å². The molecule has 0 aliphatic carbocycles. The second-order valence-electron chi connectivity index (χ2n) is 5.16. The van der Waals surface area contributed by atoms with Crippen LogP contribution in [0.4, 0.5) is 0 Å². The average Bonchev–Trinajstić information content (AvgIpc) is 3.04. The number of carbonyl (C=O) groups excluding carboxylic acids is 1. The second-order valence-corrected chi connectivity index (χ2v) is 6.14. The third kappa shape index (κ3) is 4.97. The van der Waals surface area contributed by atoms with Gasteiger partial charge in [0.2, 0.25) is 5.91 Å². The molecule has 2 rings (SSSR count). The van der Waals surface area contributed by atoms with Gasteiger partial charge in [0.1, 0.15) is 0 Å². The molecule has 21 heavy (non-hydrogen) atoms. The minimum Gasteiger partial charge on any atom is -0.345 e. The van der Waals surface area contributed by atoms with E-state index in [0.29, 0.717) is 6.42 Å². The normalized spacial score (nSPS) is 10.6. The van der Waals surface area contributed by atoms with Crippen molar-refractivity contribution in [1.29, 1.82) is 0 Å². The van der Waals surface area contributed by atoms with Crippen molar-refractivity contribution in [3.63, 3.8) is 0 Å². The summed E-state index contributed by atoms with van der Waals surface area (Å²) in [5.41, 5.74) is 2.57. The number of hydrogen-bond acceptors (Lipinski definition) is 3. The first-order chi connectivity index (χ1) is 10.2. The standard InChI is InChI=1S/C17H22N2OS/c1-3-14-4-6-15(7-5-14)8-9-17(20)19(2)12-10-16-18-11-13-21-16/h4-7,11,13H,3,8-10,12H2,1-2H3. The predicted octanol–water partition coefficient (Wildman–Crippen LogP) is 3.34. The van der Waals surface area contributed by atoms with Gasteiger partial charge in [0.15, 0.2) is 0 Å². The fraction of sp³-hybridized carbons (Fsp3) is 0.412. The van der Waals surface area contributed by atoms with Crippen molar-refractivity contribution in [2.24, 2.45) is 0 Å². The Hall–Kier alpha value is -1.68. The van der Waals surface area contributed by atoms with Crippen molar-refractivity contribution < 1.29 is 4.79 Å². The van der Waals surface area contributed by atoms with Crippen LogP contribution in [-0.4, -0.2) is 29.4 Å². The molecule has 0 bridgehead atoms. The third-order valence-corrected chi connectivity index (χ3v) is 4.47. The fourth-order valence-corrected chi connectivity index (χ4v) is 2.76. The molecule has 0 N–H and O–H groups in total. The summed E-state index contributed by atoms with van der Waals surface area (Å²) in [4.78, 5) is 18.2. The Bertz CT molecular complexity index is 549. The predicted molar refractivity (Wildman–Crippen MR) is 87.6 cm³/mol. The van der Waals surface area contributed by atoms with Gasteiger partial charge in [0.05, 0.1) is 5.01 Å². The molecule has 1 aromatic carbocycles. The smallest absolute Gasteiger partial charge is 0.222 e. The zero-order valence-corrected chi connectivity index (χ0v) is 13.5. The first kappa shape index (κ1) is 15.7. The molecule has 0 aliphatic heterocycles. The van der Waals surface area contributed by atoms with Crippen LogP contribution in [0.15, 0.2) is 35.8 Å². The van der Waals surface area contributed by atoms with Gasteiger partial charge in [0, 0.05) is 38.0 Å². The van der Waals surface area contributed by atoms with E-state index in [0.717, 1.165) is 30.8 Å². The molecule has 1 heterocycles. The van der Waals surface area contributed by atoms with Crippen LogP contribution in [-0.2, 0) is 24.1 Å². The summed E-state index contributed by atoms with van der Waals surface area (Å²) in [6, 6.07) is 8.54. The number of aryl methyl sites for hydroxylation is 2. The van der Waals surface area contributed by atoms with Crippen molar-refractivity contribution in [3.8, 4) is 0 Å². The zero-order chi connectivity index (χ0) is 15.1. The molecule has 1 amide bonds. The molecule has 0 atom stereocenters. The van der Waals surface area contributed by atoms with E-state index in [1.165, 1.54) is 11.1 Å². The van der Waals surface area contributed by atoms with Crippen molar-refractivity contribution in [1.82, 2.24) is 9.88 Å². The number of carbonyl (C=O) groups is 1. The van der Waals surface area contributed by atoms with E-state index in [9.17, 15) is 4.79 Å². The van der Waals surface area contributed by atoms with E-state index < -0.39 is 0 Å². The van der Waals surface area contributed by atoms with Crippen molar-refractivity contribution >= 4 is 17.2 Å². The minimum absolute atomic E-state index is 0.200. The molecular formula is C17H22N2OS. The van der Waals surface area contributed by atoms with Crippen LogP contribution in [0.3, 0.4) is 0 Å². The number of benzene rings is 1. The Morgan fingerprint density at radius 1 is 1.19 bits per heavy atom. The Morgan fingerprint density at radius 3 is 2.52 bits per heavy atom. The second kappa shape index (κ2) is 7.93. The topological polar surface area (TPSA) is 33.2 Å². The lowest BCUT2D eigenvalue weighted by Gasteiger charge is -2.16. The highest BCUT2D eigenvalue weighted by molar-refractivity contribution is 7.09. The Morgan fingerprint density at radius 2 is 1.90 bits per heavy atom. The van der Waals surface area contributed by atoms with Gasteiger partial charge in [-0.1, -0.05) is 31.2 Å². The lowest BCUT2D eigenvalue weighted by Crippen LogP contribution is -2.29. The summed E-state index contributed by atoms with van der Waals surface area (Å²) in [7, 11) is 1.87. The number of likely N-dealkylation sites (N-methyl/N-ethyl adjacent to an activating group) is 1. The van der Waals surface area contributed by atoms with Crippen LogP contribution in [0.25, 0.3) is 0 Å². The number of nitrogens with zero attached hydrogens (tertiary/aromatic N) is 2. The van der Waals surface area contributed by atoms with Crippen LogP contribution in [0.5, 0.6) is 0 Å². The van der Waals surface area contributed by atoms with Gasteiger partial charge in [0.25, 0.3) is 0 Å². The monoisotopic (exact) mass is 302 g/mol. The van der Waals surface area contributed by atoms with Crippen LogP contribution in [0.1, 0.15) is 29.5 Å². The van der Waals surface area contributed by atoms with E-state index in [1.807, 2.05) is 23.5 Å². The highest BCUT2D eigenvalue weighted by Crippen LogP contribution is 2.09. The summed E-state index contributed by atoms with van der Waals surface area (Å²) in [5, 5.41) is 3.06. The molecule has 0 saturated carbocycles. The molecular weight excluding hydrogens is 280 g/mol. The lowest BCUT2D eigenvalue weighted by atomic mass is 10.1. The van der Waals surface area contributed by atoms with Crippen LogP contribution < -0.4 is 0 Å². The van der Waals surface area contributed by atoms with E-state index in [1.54, 1.807) is 11.3 Å². The van der Waals surface area contributed by atoms with Crippen molar-refractivity contribution in [2.75, 3.05) is 13.6 Å². The maximum Gasteiger partial charge on any atom is 0.222 e. The number of amides is 1. The molecule has 112 valence electrons. The fourth-order valence-electron chi connectivity index (χ4n) is 2.15. The summed E-state index contributed by atoms with van der Waals surface area (Å²) < 4.78 is 0. The minimum atomic E-state index is 0.200. The highest BCUT2D eigenvalue weighted by Gasteiger charge is 2.09. The Kier molecular flexibility index (Phi) is 5.93. The van der Waals surface area contributed by atoms with E-state index in [2.05, 4.69) is 36.2 Å². The molecule has 0 spiro atoms. The molecule has 0 saturated heterocycles. The Balaban J connectivity index is 1.74. The third-order valence-electron chi connectivity index (χ3n) is 3.63. The van der Waals surface area contributed by atoms with E-state index >= 15 is 0 Å². The molecule has 1 aromatic heterocycles. The quantitative estimate of drug-likeness (QED) is 0.786. The molecule has 0 unspecified atom stereocenters. The zero-order valence-electron chi connectivity index (χ0n) is 12.7. The molecule has 4 heteroatoms. The van der Waals surface area contributed by atoms with Gasteiger partial charge in [-0.15, -0.1) is 11.3 Å². The number of rotatable bonds is 7. The summed E-state index contributed by atoms with van der Waals surface area (Å²) in [6.45, 7) is 2.89. The maximum absolute atomic E-state index is 12.1. The van der Waals surface area contributed by atoms with Gasteiger partial charge < -0.3 is 4.90 Å². The molecule has 0 aliphatic rings. The van der Waals surface area contributed by atoms with Gasteiger partial charge >= 0.3 is 0 Å². The molecule has 0 fully saturated rings. The van der Waals surface area contributed by atoms with Crippen molar-refractivity contribution in [3.05, 3.63) is 52.0 Å². The first-order valence-electron chi connectivity index (χ1n) is 7.39. The lowest BCUT2D eigenvalue weighted by molar-refractivity contribution is -0.129. The number of hydrogen-bond donors (Lipinski definition) is 0. The highest BCUT2D eigenvalue weighted by atomic mass is 32.1. The SMILES string of the molecule is CCc1ccc(CCC(=O)N(C)CCc2nccs2)cc1. The summed E-state index contributed by atoms with van der Waals surface area (Å²) >= 11 is 1.64. The van der Waals surface area contributed by atoms with Gasteiger partial charge in [-0.25, -0.2) is 4.98 Å². The van der Waals surface area contributed by atoms with Gasteiger partial charge in [-0.05, 0) is 24.0 Å². The number of thiazole rings is 1. The van der Waals surface area contributed by atoms with Crippen molar-refractivity contribution in [2.45, 2.75) is 32.6 Å². The maximum atomic E-state index is 12.1. The van der Waals surface area contributed by atoms with Crippen LogP contribution in [0.2, 0.25) is 0 Å². The van der Waals surface area contributed by atoms with E-state index in [4.69, 9.17) is 0 Å². The number of aromatic nitrogens is 1. The molecule has 3 nitrogen and oxygen atoms in total. The molecule has 2 aromatic rings. The van der Waals surface area contributed by atoms with Gasteiger partial charge in [-0.2, -0.15) is 0 Å². The summed E-state index contributed by atoms with van der Waals surface area (Å²) in [6.07, 6.45) is 5.08. The van der Waals surface area contributed by atoms with Crippen LogP contribution >= 0.6 is 11.3 Å². The Labute approximate surface area is 130 Å². The first-order valence-corrected chi connectivity index (χ1v) is 8.27. The summed E-state index contributed by atoms with van der Waals surface area (Å²) in [5.74, 6) is 0.200. The molecule has 0 radical (unpaired) electrons. The average molecular weight is 302 g/mol. The van der Waals surface area contributed by atoms with E-state index in [-0.39, 0.29) is 5.91 Å².